The highest BCUT2D eigenvalue weighted by molar-refractivity contribution is 5.91. The maximum atomic E-state index is 12.5. The summed E-state index contributed by atoms with van der Waals surface area (Å²) in [6.45, 7) is 4.04. The van der Waals surface area contributed by atoms with Gasteiger partial charge in [0.25, 0.3) is 0 Å². The maximum Gasteiger partial charge on any atom is 0.400 e. The molecule has 0 bridgehead atoms. The van der Waals surface area contributed by atoms with E-state index in [4.69, 9.17) is 0 Å². The van der Waals surface area contributed by atoms with E-state index in [1.165, 1.54) is 0 Å². The summed E-state index contributed by atoms with van der Waals surface area (Å²) in [4.78, 5) is 11.8. The predicted octanol–water partition coefficient (Wildman–Crippen LogP) is 4.16. The van der Waals surface area contributed by atoms with E-state index in [0.717, 1.165) is 18.5 Å². The van der Waals surface area contributed by atoms with Crippen LogP contribution in [0.2, 0.25) is 0 Å². The molecule has 1 aromatic heterocycles. The van der Waals surface area contributed by atoms with Crippen molar-refractivity contribution < 1.29 is 31.1 Å². The molecule has 4 nitrogen and oxygen atoms in total. The first-order chi connectivity index (χ1) is 10.9. The number of nitrogens with zero attached hydrogens (tertiary/aromatic N) is 2. The maximum absolute atomic E-state index is 12.5. The third kappa shape index (κ3) is 4.02. The number of aromatic nitrogens is 2. The van der Waals surface area contributed by atoms with Gasteiger partial charge in [0.15, 0.2) is 11.7 Å². The number of aryl methyl sites for hydroxylation is 1. The quantitative estimate of drug-likeness (QED) is 0.805. The fourth-order valence-electron chi connectivity index (χ4n) is 2.61. The predicted molar refractivity (Wildman–Crippen MR) is 73.5 cm³/mol. The van der Waals surface area contributed by atoms with Crippen molar-refractivity contribution in [3.05, 3.63) is 11.3 Å². The Balaban J connectivity index is 2.18. The lowest BCUT2D eigenvalue weighted by molar-refractivity contribution is -0.283. The van der Waals surface area contributed by atoms with Gasteiger partial charge in [0.05, 0.1) is 0 Å². The van der Waals surface area contributed by atoms with Gasteiger partial charge in [-0.05, 0) is 32.6 Å². The number of anilines is 1. The highest BCUT2D eigenvalue weighted by atomic mass is 19.4. The van der Waals surface area contributed by atoms with E-state index < -0.39 is 30.6 Å². The van der Waals surface area contributed by atoms with Gasteiger partial charge in [-0.25, -0.2) is 0 Å². The first-order valence-electron chi connectivity index (χ1n) is 7.45. The van der Waals surface area contributed by atoms with Crippen molar-refractivity contribution in [2.75, 3.05) is 5.32 Å². The van der Waals surface area contributed by atoms with E-state index in [0.29, 0.717) is 12.1 Å². The monoisotopic (exact) mass is 357 g/mol. The summed E-state index contributed by atoms with van der Waals surface area (Å²) < 4.78 is 76.8. The molecule has 1 amide bonds. The van der Waals surface area contributed by atoms with Crippen LogP contribution in [-0.4, -0.2) is 28.0 Å². The second kappa shape index (κ2) is 6.29. The van der Waals surface area contributed by atoms with Gasteiger partial charge in [-0.3, -0.25) is 9.48 Å². The van der Waals surface area contributed by atoms with Crippen LogP contribution in [-0.2, 0) is 11.3 Å². The standard InChI is InChI=1S/C14H17F6N3O/c1-3-23-7(2)11(8-4-5-8)12(22-23)21-10(24)6-9(13(15,16)17)14(18,19)20/h8-9H,3-6H2,1-2H3,(H,21,22,24). The molecule has 1 N–H and O–H groups in total. The zero-order valence-electron chi connectivity index (χ0n) is 13.1. The van der Waals surface area contributed by atoms with Gasteiger partial charge in [-0.15, -0.1) is 0 Å². The Kier molecular flexibility index (Phi) is 4.87. The number of carbonyl (C=O) groups is 1. The van der Waals surface area contributed by atoms with Crippen LogP contribution in [0, 0.1) is 12.8 Å². The van der Waals surface area contributed by atoms with Crippen LogP contribution in [0.1, 0.15) is 43.4 Å². The van der Waals surface area contributed by atoms with Crippen molar-refractivity contribution in [3.63, 3.8) is 0 Å². The molecule has 1 heterocycles. The Morgan fingerprint density at radius 2 is 1.79 bits per heavy atom. The molecule has 0 aliphatic heterocycles. The van der Waals surface area contributed by atoms with Crippen molar-refractivity contribution in [1.82, 2.24) is 9.78 Å². The zero-order valence-corrected chi connectivity index (χ0v) is 13.1. The zero-order chi connectivity index (χ0) is 18.3. The lowest BCUT2D eigenvalue weighted by Crippen LogP contribution is -2.39. The molecule has 1 aliphatic carbocycles. The SMILES string of the molecule is CCn1nc(NC(=O)CC(C(F)(F)F)C(F)(F)F)c(C2CC2)c1C. The van der Waals surface area contributed by atoms with E-state index in [1.807, 2.05) is 0 Å². The van der Waals surface area contributed by atoms with Crippen LogP contribution < -0.4 is 5.32 Å². The second-order valence-corrected chi connectivity index (χ2v) is 5.83. The number of carbonyl (C=O) groups excluding carboxylic acids is 1. The van der Waals surface area contributed by atoms with Crippen molar-refractivity contribution in [2.45, 2.75) is 57.9 Å². The lowest BCUT2D eigenvalue weighted by Gasteiger charge is -2.22. The molecule has 10 heteroatoms. The molecular weight excluding hydrogens is 340 g/mol. The van der Waals surface area contributed by atoms with Crippen LogP contribution >= 0.6 is 0 Å². The van der Waals surface area contributed by atoms with Crippen molar-refractivity contribution in [1.29, 1.82) is 0 Å². The van der Waals surface area contributed by atoms with E-state index in [2.05, 4.69) is 10.4 Å². The molecule has 1 aliphatic rings. The van der Waals surface area contributed by atoms with Crippen LogP contribution in [0.4, 0.5) is 32.2 Å². The Morgan fingerprint density at radius 3 is 2.21 bits per heavy atom. The van der Waals surface area contributed by atoms with Crippen molar-refractivity contribution in [2.24, 2.45) is 5.92 Å². The van der Waals surface area contributed by atoms with E-state index in [1.54, 1.807) is 18.5 Å². The minimum atomic E-state index is -5.53. The minimum absolute atomic E-state index is 0.0601. The van der Waals surface area contributed by atoms with Gasteiger partial charge in [0.1, 0.15) is 0 Å². The Bertz CT molecular complexity index is 601. The largest absolute Gasteiger partial charge is 0.400 e. The second-order valence-electron chi connectivity index (χ2n) is 5.83. The Labute approximate surface area is 134 Å². The van der Waals surface area contributed by atoms with Crippen molar-refractivity contribution >= 4 is 11.7 Å². The van der Waals surface area contributed by atoms with Gasteiger partial charge >= 0.3 is 12.4 Å². The first kappa shape index (κ1) is 18.6. The molecule has 0 spiro atoms. The van der Waals surface area contributed by atoms with E-state index in [9.17, 15) is 31.1 Å². The summed E-state index contributed by atoms with van der Waals surface area (Å²) in [7, 11) is 0. The van der Waals surface area contributed by atoms with Crippen molar-refractivity contribution in [3.8, 4) is 0 Å². The summed E-state index contributed by atoms with van der Waals surface area (Å²) in [5.74, 6) is -4.84. The van der Waals surface area contributed by atoms with Gasteiger partial charge in [-0.1, -0.05) is 0 Å². The highest BCUT2D eigenvalue weighted by Gasteiger charge is 2.57. The Morgan fingerprint density at radius 1 is 1.25 bits per heavy atom. The number of hydrogen-bond acceptors (Lipinski definition) is 2. The first-order valence-corrected chi connectivity index (χ1v) is 7.45. The van der Waals surface area contributed by atoms with Gasteiger partial charge in [0, 0.05) is 24.2 Å². The molecule has 0 aromatic carbocycles. The van der Waals surface area contributed by atoms with Gasteiger partial charge < -0.3 is 5.32 Å². The average molecular weight is 357 g/mol. The summed E-state index contributed by atoms with van der Waals surface area (Å²) in [5.41, 5.74) is 1.46. The van der Waals surface area contributed by atoms with E-state index in [-0.39, 0.29) is 11.7 Å². The van der Waals surface area contributed by atoms with Gasteiger partial charge in [-0.2, -0.15) is 31.4 Å². The van der Waals surface area contributed by atoms with Crippen LogP contribution in [0.3, 0.4) is 0 Å². The highest BCUT2D eigenvalue weighted by Crippen LogP contribution is 2.45. The number of rotatable bonds is 5. The molecule has 2 rings (SSSR count). The smallest absolute Gasteiger partial charge is 0.309 e. The fraction of sp³-hybridized carbons (Fsp3) is 0.714. The lowest BCUT2D eigenvalue weighted by atomic mass is 10.0. The molecule has 1 aromatic rings. The fourth-order valence-corrected chi connectivity index (χ4v) is 2.61. The molecule has 1 saturated carbocycles. The summed E-state index contributed by atoms with van der Waals surface area (Å²) in [6, 6.07) is 0. The number of alkyl halides is 6. The third-order valence-electron chi connectivity index (χ3n) is 3.98. The molecule has 0 atom stereocenters. The molecule has 0 unspecified atom stereocenters. The molecule has 136 valence electrons. The van der Waals surface area contributed by atoms with Gasteiger partial charge in [0.2, 0.25) is 5.91 Å². The summed E-state index contributed by atoms with van der Waals surface area (Å²) >= 11 is 0. The summed E-state index contributed by atoms with van der Waals surface area (Å²) in [6.07, 6.45) is -11.1. The normalized spacial score (nSPS) is 15.9. The third-order valence-corrected chi connectivity index (χ3v) is 3.98. The number of nitrogens with one attached hydrogen (secondary N) is 1. The van der Waals surface area contributed by atoms with Crippen LogP contribution in [0.5, 0.6) is 0 Å². The van der Waals surface area contributed by atoms with Crippen LogP contribution in [0.15, 0.2) is 0 Å². The van der Waals surface area contributed by atoms with Crippen LogP contribution in [0.25, 0.3) is 0 Å². The average Bonchev–Trinajstić information content (AvgIpc) is 3.19. The molecule has 24 heavy (non-hydrogen) atoms. The number of halogens is 6. The number of amides is 1. The topological polar surface area (TPSA) is 46.9 Å². The molecule has 0 saturated heterocycles. The molecule has 0 radical (unpaired) electrons. The molecule has 1 fully saturated rings. The Hall–Kier alpha value is -1.74. The number of hydrogen-bond donors (Lipinski definition) is 1. The molecular formula is C14H17F6N3O. The summed E-state index contributed by atoms with van der Waals surface area (Å²) in [5, 5.41) is 6.21. The minimum Gasteiger partial charge on any atom is -0.309 e. The van der Waals surface area contributed by atoms with E-state index >= 15 is 0 Å².